The van der Waals surface area contributed by atoms with Crippen LogP contribution in [0.5, 0.6) is 0 Å². The number of rotatable bonds is 5. The van der Waals surface area contributed by atoms with Crippen LogP contribution in [-0.2, 0) is 19.5 Å². The molecule has 0 fully saturated rings. The number of fused-ring (bicyclic) bond motifs is 1. The van der Waals surface area contributed by atoms with Crippen molar-refractivity contribution in [3.8, 4) is 11.5 Å². The number of carbonyl (C=O) groups is 1. The molecule has 4 rings (SSSR count). The third-order valence-electron chi connectivity index (χ3n) is 4.63. The molecule has 0 aliphatic carbocycles. The summed E-state index contributed by atoms with van der Waals surface area (Å²) in [6, 6.07) is 9.15. The number of nitrogens with one attached hydrogen (secondary N) is 2. The maximum atomic E-state index is 12.2. The van der Waals surface area contributed by atoms with Gasteiger partial charge in [0.25, 0.3) is 0 Å². The summed E-state index contributed by atoms with van der Waals surface area (Å²) in [5, 5.41) is 14.2. The Morgan fingerprint density at radius 3 is 2.96 bits per heavy atom. The largest absolute Gasteiger partial charge is 0.444 e. The smallest absolute Gasteiger partial charge is 0.315 e. The van der Waals surface area contributed by atoms with Crippen LogP contribution in [-0.4, -0.2) is 25.8 Å². The molecule has 2 amide bonds. The zero-order chi connectivity index (χ0) is 18.6. The second-order valence-corrected chi connectivity index (χ2v) is 6.64. The Balaban J connectivity index is 1.32. The Bertz CT molecular complexity index is 917. The van der Waals surface area contributed by atoms with Crippen LogP contribution in [0.15, 0.2) is 41.0 Å². The van der Waals surface area contributed by atoms with E-state index in [4.69, 9.17) is 4.42 Å². The maximum Gasteiger partial charge on any atom is 0.315 e. The van der Waals surface area contributed by atoms with Crippen LogP contribution in [0.2, 0.25) is 0 Å². The number of hydrogen-bond acceptors (Lipinski definition) is 5. The summed E-state index contributed by atoms with van der Waals surface area (Å²) in [4.78, 5) is 16.6. The summed E-state index contributed by atoms with van der Waals surface area (Å²) in [5.74, 6) is 2.34. The van der Waals surface area contributed by atoms with Crippen molar-refractivity contribution < 1.29 is 9.21 Å². The van der Waals surface area contributed by atoms with Gasteiger partial charge in [0.15, 0.2) is 5.82 Å². The molecule has 8 nitrogen and oxygen atoms in total. The van der Waals surface area contributed by atoms with E-state index in [2.05, 4.69) is 30.4 Å². The Morgan fingerprint density at radius 2 is 2.11 bits per heavy atom. The average Bonchev–Trinajstić information content (AvgIpc) is 3.34. The molecule has 1 aliphatic heterocycles. The van der Waals surface area contributed by atoms with Crippen molar-refractivity contribution in [1.82, 2.24) is 30.4 Å². The first-order chi connectivity index (χ1) is 13.2. The van der Waals surface area contributed by atoms with Gasteiger partial charge < -0.3 is 19.6 Å². The van der Waals surface area contributed by atoms with Gasteiger partial charge in [0.1, 0.15) is 12.1 Å². The predicted octanol–water partition coefficient (Wildman–Crippen LogP) is 2.83. The molecule has 1 atom stereocenters. The highest BCUT2D eigenvalue weighted by atomic mass is 16.3. The highest BCUT2D eigenvalue weighted by molar-refractivity contribution is 5.74. The fourth-order valence-electron chi connectivity index (χ4n) is 3.24. The number of nitrogens with zero attached hydrogens (tertiary/aromatic N) is 4. The lowest BCUT2D eigenvalue weighted by Gasteiger charge is -2.18. The van der Waals surface area contributed by atoms with Crippen LogP contribution in [0.4, 0.5) is 4.79 Å². The highest BCUT2D eigenvalue weighted by Crippen LogP contribution is 2.19. The van der Waals surface area contributed by atoms with E-state index in [9.17, 15) is 4.79 Å². The van der Waals surface area contributed by atoms with Crippen molar-refractivity contribution in [3.05, 3.63) is 53.9 Å². The van der Waals surface area contributed by atoms with Gasteiger partial charge in [-0.3, -0.25) is 0 Å². The summed E-state index contributed by atoms with van der Waals surface area (Å²) in [6.45, 7) is 3.11. The van der Waals surface area contributed by atoms with Crippen molar-refractivity contribution in [2.45, 2.75) is 45.3 Å². The molecule has 1 unspecified atom stereocenters. The SMILES string of the molecule is CC(NC(=O)NCc1coc(-c2ccccc2)n1)c1nnc2n1CCCC2. The maximum absolute atomic E-state index is 12.2. The number of aromatic nitrogens is 4. The van der Waals surface area contributed by atoms with E-state index in [0.29, 0.717) is 11.6 Å². The third-order valence-corrected chi connectivity index (χ3v) is 4.63. The topological polar surface area (TPSA) is 97.9 Å². The standard InChI is InChI=1S/C19H22N6O2/c1-13(17-24-23-16-9-5-6-10-25(16)17)21-19(26)20-11-15-12-27-18(22-15)14-7-3-2-4-8-14/h2-4,7-8,12-13H,5-6,9-11H2,1H3,(H2,20,21,26). The molecular formula is C19H22N6O2. The van der Waals surface area contributed by atoms with Crippen molar-refractivity contribution in [1.29, 1.82) is 0 Å². The van der Waals surface area contributed by atoms with Gasteiger partial charge in [0.05, 0.1) is 18.3 Å². The number of amides is 2. The van der Waals surface area contributed by atoms with Gasteiger partial charge in [-0.2, -0.15) is 0 Å². The number of aryl methyl sites for hydroxylation is 1. The summed E-state index contributed by atoms with van der Waals surface area (Å²) >= 11 is 0. The first-order valence-electron chi connectivity index (χ1n) is 9.17. The lowest BCUT2D eigenvalue weighted by atomic mass is 10.1. The molecule has 27 heavy (non-hydrogen) atoms. The fraction of sp³-hybridized carbons (Fsp3) is 0.368. The van der Waals surface area contributed by atoms with Crippen molar-refractivity contribution in [2.24, 2.45) is 0 Å². The van der Waals surface area contributed by atoms with Crippen molar-refractivity contribution in [2.75, 3.05) is 0 Å². The molecule has 0 saturated heterocycles. The summed E-state index contributed by atoms with van der Waals surface area (Å²) in [7, 11) is 0. The van der Waals surface area contributed by atoms with Gasteiger partial charge in [-0.15, -0.1) is 10.2 Å². The fourth-order valence-corrected chi connectivity index (χ4v) is 3.24. The predicted molar refractivity (Wildman–Crippen MR) is 98.7 cm³/mol. The minimum Gasteiger partial charge on any atom is -0.444 e. The van der Waals surface area contributed by atoms with Crippen LogP contribution in [0, 0.1) is 0 Å². The Labute approximate surface area is 157 Å². The molecule has 140 valence electrons. The average molecular weight is 366 g/mol. The molecule has 1 aliphatic rings. The number of carbonyl (C=O) groups excluding carboxylic acids is 1. The van der Waals surface area contributed by atoms with Crippen LogP contribution in [0.3, 0.4) is 0 Å². The quantitative estimate of drug-likeness (QED) is 0.723. The van der Waals surface area contributed by atoms with Gasteiger partial charge in [0, 0.05) is 18.5 Å². The van der Waals surface area contributed by atoms with E-state index in [1.54, 1.807) is 6.26 Å². The van der Waals surface area contributed by atoms with E-state index < -0.39 is 0 Å². The van der Waals surface area contributed by atoms with Crippen LogP contribution in [0.25, 0.3) is 11.5 Å². The van der Waals surface area contributed by atoms with E-state index in [-0.39, 0.29) is 18.6 Å². The number of benzene rings is 1. The summed E-state index contributed by atoms with van der Waals surface area (Å²) in [5.41, 5.74) is 1.56. The van der Waals surface area contributed by atoms with Crippen molar-refractivity contribution in [3.63, 3.8) is 0 Å². The molecule has 0 spiro atoms. The zero-order valence-electron chi connectivity index (χ0n) is 15.2. The van der Waals surface area contributed by atoms with Crippen LogP contribution < -0.4 is 10.6 Å². The summed E-state index contributed by atoms with van der Waals surface area (Å²) in [6.07, 6.45) is 4.76. The zero-order valence-corrected chi connectivity index (χ0v) is 15.2. The van der Waals surface area contributed by atoms with Gasteiger partial charge in [-0.25, -0.2) is 9.78 Å². The third kappa shape index (κ3) is 3.84. The molecule has 3 aromatic rings. The number of urea groups is 1. The first kappa shape index (κ1) is 17.3. The molecule has 8 heteroatoms. The highest BCUT2D eigenvalue weighted by Gasteiger charge is 2.21. The van der Waals surface area contributed by atoms with E-state index in [1.807, 2.05) is 37.3 Å². The van der Waals surface area contributed by atoms with E-state index in [0.717, 1.165) is 43.0 Å². The van der Waals surface area contributed by atoms with Crippen LogP contribution >= 0.6 is 0 Å². The van der Waals surface area contributed by atoms with E-state index in [1.165, 1.54) is 0 Å². The number of hydrogen-bond donors (Lipinski definition) is 2. The molecular weight excluding hydrogens is 344 g/mol. The van der Waals surface area contributed by atoms with E-state index >= 15 is 0 Å². The van der Waals surface area contributed by atoms with Gasteiger partial charge >= 0.3 is 6.03 Å². The summed E-state index contributed by atoms with van der Waals surface area (Å²) < 4.78 is 7.59. The second-order valence-electron chi connectivity index (χ2n) is 6.64. The molecule has 2 aromatic heterocycles. The van der Waals surface area contributed by atoms with Crippen molar-refractivity contribution >= 4 is 6.03 Å². The first-order valence-corrected chi connectivity index (χ1v) is 9.17. The molecule has 0 saturated carbocycles. The molecule has 0 radical (unpaired) electrons. The minimum atomic E-state index is -0.278. The lowest BCUT2D eigenvalue weighted by Crippen LogP contribution is -2.37. The van der Waals surface area contributed by atoms with Crippen LogP contribution in [0.1, 0.15) is 43.1 Å². The normalized spacial score (nSPS) is 14.4. The Morgan fingerprint density at radius 1 is 1.26 bits per heavy atom. The lowest BCUT2D eigenvalue weighted by molar-refractivity contribution is 0.236. The monoisotopic (exact) mass is 366 g/mol. The minimum absolute atomic E-state index is 0.221. The van der Waals surface area contributed by atoms with Gasteiger partial charge in [-0.1, -0.05) is 18.2 Å². The Hall–Kier alpha value is -3.16. The van der Waals surface area contributed by atoms with Gasteiger partial charge in [0.2, 0.25) is 5.89 Å². The molecule has 0 bridgehead atoms. The van der Waals surface area contributed by atoms with Gasteiger partial charge in [-0.05, 0) is 31.9 Å². The molecule has 3 heterocycles. The second kappa shape index (κ2) is 7.61. The molecule has 1 aromatic carbocycles. The number of oxazole rings is 1. The Kier molecular flexibility index (Phi) is 4.86. The molecule has 2 N–H and O–H groups in total.